The summed E-state index contributed by atoms with van der Waals surface area (Å²) >= 11 is 1.32. The minimum Gasteiger partial charge on any atom is -0.324 e. The van der Waals surface area contributed by atoms with E-state index in [4.69, 9.17) is 0 Å². The number of carbonyl (C=O) groups excluding carboxylic acids is 1. The molecule has 0 saturated carbocycles. The topological polar surface area (TPSA) is 34.4 Å². The molecule has 0 N–H and O–H groups in total. The molecule has 2 rings (SSSR count). The maximum absolute atomic E-state index is 13.1. The van der Waals surface area contributed by atoms with Gasteiger partial charge >= 0.3 is 6.18 Å². The summed E-state index contributed by atoms with van der Waals surface area (Å²) in [6, 6.07) is 4.70. The van der Waals surface area contributed by atoms with Crippen LogP contribution in [0.5, 0.6) is 0 Å². The quantitative estimate of drug-likeness (QED) is 0.743. The third-order valence-electron chi connectivity index (χ3n) is 3.65. The van der Waals surface area contributed by atoms with E-state index >= 15 is 0 Å². The molecule has 1 heterocycles. The van der Waals surface area contributed by atoms with Crippen LogP contribution in [0.25, 0.3) is 0 Å². The number of amides is 1. The van der Waals surface area contributed by atoms with Gasteiger partial charge < -0.3 is 4.57 Å². The molecule has 0 aliphatic rings. The highest BCUT2D eigenvalue weighted by molar-refractivity contribution is 7.09. The van der Waals surface area contributed by atoms with E-state index in [1.807, 2.05) is 27.7 Å². The molecule has 1 amide bonds. The van der Waals surface area contributed by atoms with Gasteiger partial charge in [0.1, 0.15) is 0 Å². The fraction of sp³-hybridized carbons (Fsp3) is 0.412. The highest BCUT2D eigenvalue weighted by Gasteiger charge is 2.34. The lowest BCUT2D eigenvalue weighted by atomic mass is 9.93. The Hall–Kier alpha value is -1.89. The first-order valence-electron chi connectivity index (χ1n) is 7.35. The first kappa shape index (κ1) is 18.4. The second kappa shape index (κ2) is 6.20. The summed E-state index contributed by atoms with van der Waals surface area (Å²) < 4.78 is 40.9. The van der Waals surface area contributed by atoms with Crippen molar-refractivity contribution >= 4 is 17.2 Å². The van der Waals surface area contributed by atoms with E-state index in [-0.39, 0.29) is 5.41 Å². The van der Waals surface area contributed by atoms with Gasteiger partial charge in [-0.3, -0.25) is 4.79 Å². The van der Waals surface area contributed by atoms with E-state index < -0.39 is 23.2 Å². The zero-order valence-corrected chi connectivity index (χ0v) is 15.0. The fourth-order valence-corrected chi connectivity index (χ4v) is 3.56. The number of halogens is 3. The van der Waals surface area contributed by atoms with E-state index in [1.165, 1.54) is 23.5 Å². The number of aromatic nitrogens is 1. The summed E-state index contributed by atoms with van der Waals surface area (Å²) in [7, 11) is 1.75. The average Bonchev–Trinajstić information content (AvgIpc) is 2.74. The first-order chi connectivity index (χ1) is 10.9. The summed E-state index contributed by atoms with van der Waals surface area (Å²) in [6.45, 7) is 8.02. The highest BCUT2D eigenvalue weighted by atomic mass is 32.1. The number of hydrogen-bond donors (Lipinski definition) is 0. The predicted molar refractivity (Wildman–Crippen MR) is 88.1 cm³/mol. The van der Waals surface area contributed by atoms with Crippen molar-refractivity contribution in [2.45, 2.75) is 39.3 Å². The van der Waals surface area contributed by atoms with Crippen molar-refractivity contribution in [1.29, 1.82) is 0 Å². The molecule has 0 unspecified atom stereocenters. The van der Waals surface area contributed by atoms with Crippen LogP contribution in [0.4, 0.5) is 13.2 Å². The molecule has 0 saturated heterocycles. The highest BCUT2D eigenvalue weighted by Crippen LogP contribution is 2.32. The predicted octanol–water partition coefficient (Wildman–Crippen LogP) is 4.45. The minimum absolute atomic E-state index is 0.132. The Balaban J connectivity index is 2.57. The van der Waals surface area contributed by atoms with Crippen molar-refractivity contribution in [2.75, 3.05) is 0 Å². The molecule has 3 nitrogen and oxygen atoms in total. The number of hydrogen-bond acceptors (Lipinski definition) is 2. The molecule has 7 heteroatoms. The van der Waals surface area contributed by atoms with E-state index in [9.17, 15) is 18.0 Å². The van der Waals surface area contributed by atoms with Crippen molar-refractivity contribution in [3.8, 4) is 0 Å². The first-order valence-corrected chi connectivity index (χ1v) is 8.16. The fourth-order valence-electron chi connectivity index (χ4n) is 2.39. The number of benzene rings is 1. The molecule has 2 aromatic rings. The molecular weight excluding hydrogens is 337 g/mol. The van der Waals surface area contributed by atoms with Crippen LogP contribution in [0.2, 0.25) is 0 Å². The van der Waals surface area contributed by atoms with Gasteiger partial charge in [0.15, 0.2) is 4.80 Å². The maximum Gasteiger partial charge on any atom is 0.417 e. The minimum atomic E-state index is -4.59. The normalized spacial score (nSPS) is 13.4. The van der Waals surface area contributed by atoms with Crippen molar-refractivity contribution in [3.63, 3.8) is 0 Å². The largest absolute Gasteiger partial charge is 0.417 e. The van der Waals surface area contributed by atoms with E-state index in [1.54, 1.807) is 11.6 Å². The molecule has 1 aromatic carbocycles. The van der Waals surface area contributed by atoms with Gasteiger partial charge in [-0.2, -0.15) is 18.2 Å². The van der Waals surface area contributed by atoms with Gasteiger partial charge in [0.05, 0.1) is 11.1 Å². The van der Waals surface area contributed by atoms with Gasteiger partial charge in [0.25, 0.3) is 5.91 Å². The van der Waals surface area contributed by atoms with Crippen LogP contribution in [0.3, 0.4) is 0 Å². The van der Waals surface area contributed by atoms with Crippen LogP contribution < -0.4 is 4.80 Å². The molecule has 0 radical (unpaired) electrons. The Morgan fingerprint density at radius 1 is 1.17 bits per heavy atom. The molecule has 0 atom stereocenters. The molecule has 24 heavy (non-hydrogen) atoms. The van der Waals surface area contributed by atoms with Gasteiger partial charge in [-0.15, -0.1) is 11.3 Å². The van der Waals surface area contributed by atoms with Gasteiger partial charge in [-0.1, -0.05) is 32.9 Å². The van der Waals surface area contributed by atoms with E-state index in [0.29, 0.717) is 4.80 Å². The Bertz CT molecular complexity index is 839. The number of rotatable bonds is 1. The van der Waals surface area contributed by atoms with Crippen molar-refractivity contribution in [3.05, 3.63) is 50.8 Å². The summed E-state index contributed by atoms with van der Waals surface area (Å²) in [6.07, 6.45) is -4.59. The number of nitrogens with zero attached hydrogens (tertiary/aromatic N) is 2. The second-order valence-electron chi connectivity index (χ2n) is 6.57. The zero-order chi connectivity index (χ0) is 18.3. The molecular formula is C17H19F3N2OS. The Morgan fingerprint density at radius 3 is 2.25 bits per heavy atom. The third-order valence-corrected chi connectivity index (χ3v) is 5.31. The van der Waals surface area contributed by atoms with E-state index in [0.717, 1.165) is 22.7 Å². The molecule has 0 spiro atoms. The lowest BCUT2D eigenvalue weighted by molar-refractivity contribution is -0.137. The Labute approximate surface area is 142 Å². The standard InChI is InChI=1S/C17H19F3N2OS/c1-10-13(16(2,3)4)24-15(22(10)5)21-14(23)11-8-6-7-9-12(11)17(18,19)20/h6-9H,1-5H3. The van der Waals surface area contributed by atoms with Crippen LogP contribution >= 0.6 is 11.3 Å². The SMILES string of the molecule is Cc1c(C(C)(C)C)sc(=NC(=O)c2ccccc2C(F)(F)F)n1C. The van der Waals surface area contributed by atoms with Crippen LogP contribution in [0.15, 0.2) is 29.3 Å². The molecule has 0 aliphatic heterocycles. The second-order valence-corrected chi connectivity index (χ2v) is 7.55. The summed E-state index contributed by atoms with van der Waals surface area (Å²) in [5, 5.41) is 0. The smallest absolute Gasteiger partial charge is 0.324 e. The van der Waals surface area contributed by atoms with Gasteiger partial charge in [0.2, 0.25) is 0 Å². The molecule has 0 aliphatic carbocycles. The van der Waals surface area contributed by atoms with Crippen molar-refractivity contribution in [2.24, 2.45) is 12.0 Å². The lowest BCUT2D eigenvalue weighted by Gasteiger charge is -2.17. The molecule has 1 aromatic heterocycles. The Morgan fingerprint density at radius 2 is 1.75 bits per heavy atom. The number of alkyl halides is 3. The van der Waals surface area contributed by atoms with Crippen molar-refractivity contribution in [1.82, 2.24) is 4.57 Å². The van der Waals surface area contributed by atoms with Gasteiger partial charge in [0, 0.05) is 17.6 Å². The van der Waals surface area contributed by atoms with Gasteiger partial charge in [-0.25, -0.2) is 0 Å². The summed E-state index contributed by atoms with van der Waals surface area (Å²) in [5.41, 5.74) is -0.588. The Kier molecular flexibility index (Phi) is 4.77. The third kappa shape index (κ3) is 3.61. The molecule has 0 fully saturated rings. The van der Waals surface area contributed by atoms with Crippen LogP contribution in [-0.4, -0.2) is 10.5 Å². The average molecular weight is 356 g/mol. The van der Waals surface area contributed by atoms with Crippen LogP contribution in [0, 0.1) is 6.92 Å². The monoisotopic (exact) mass is 356 g/mol. The number of carbonyl (C=O) groups is 1. The lowest BCUT2D eigenvalue weighted by Crippen LogP contribution is -2.17. The van der Waals surface area contributed by atoms with E-state index in [2.05, 4.69) is 4.99 Å². The van der Waals surface area contributed by atoms with Gasteiger partial charge in [-0.05, 0) is 24.5 Å². The number of thiazole rings is 1. The van der Waals surface area contributed by atoms with Crippen LogP contribution in [0.1, 0.15) is 47.3 Å². The van der Waals surface area contributed by atoms with Crippen molar-refractivity contribution < 1.29 is 18.0 Å². The summed E-state index contributed by atoms with van der Waals surface area (Å²) in [5.74, 6) is -0.889. The van der Waals surface area contributed by atoms with Crippen LogP contribution in [-0.2, 0) is 18.6 Å². The molecule has 0 bridgehead atoms. The maximum atomic E-state index is 13.1. The zero-order valence-electron chi connectivity index (χ0n) is 14.2. The summed E-state index contributed by atoms with van der Waals surface area (Å²) in [4.78, 5) is 17.7. The molecule has 130 valence electrons.